The fraction of sp³-hybridized carbons (Fsp3) is 0.500. The summed E-state index contributed by atoms with van der Waals surface area (Å²) in [4.78, 5) is 19.3. The Labute approximate surface area is 112 Å². The Kier molecular flexibility index (Phi) is 13.1. The zero-order valence-electron chi connectivity index (χ0n) is 6.68. The Morgan fingerprint density at radius 2 is 1.08 bits per heavy atom. The van der Waals surface area contributed by atoms with Gasteiger partial charge in [-0.05, 0) is 0 Å². The summed E-state index contributed by atoms with van der Waals surface area (Å²) in [6.45, 7) is 0. The molecule has 58 valence electrons. The van der Waals surface area contributed by atoms with Crippen molar-refractivity contribution in [2.24, 2.45) is 0 Å². The van der Waals surface area contributed by atoms with Gasteiger partial charge in [-0.1, -0.05) is 0 Å². The van der Waals surface area contributed by atoms with E-state index in [9.17, 15) is 19.8 Å². The van der Waals surface area contributed by atoms with E-state index in [0.29, 0.717) is 0 Å². The van der Waals surface area contributed by atoms with E-state index in [0.717, 1.165) is 0 Å². The molecular formula is C4H4Na2O6. The maximum Gasteiger partial charge on any atom is 1.00 e. The average molecular weight is 194 g/mol. The van der Waals surface area contributed by atoms with Crippen LogP contribution in [-0.4, -0.2) is 34.4 Å². The molecular weight excluding hydrogens is 190 g/mol. The van der Waals surface area contributed by atoms with E-state index in [2.05, 4.69) is 0 Å². The van der Waals surface area contributed by atoms with Crippen LogP contribution in [0.15, 0.2) is 0 Å². The predicted octanol–water partition coefficient (Wildman–Crippen LogP) is -10.8. The van der Waals surface area contributed by atoms with Gasteiger partial charge < -0.3 is 30.0 Å². The van der Waals surface area contributed by atoms with Crippen LogP contribution in [0, 0.1) is 0 Å². The zero-order valence-corrected chi connectivity index (χ0v) is 10.7. The first-order valence-corrected chi connectivity index (χ1v) is 2.24. The molecule has 0 aliphatic rings. The van der Waals surface area contributed by atoms with Crippen molar-refractivity contribution in [3.63, 3.8) is 0 Å². The van der Waals surface area contributed by atoms with Crippen LogP contribution in [0.25, 0.3) is 0 Å². The number of aliphatic hydroxyl groups excluding tert-OH is 2. The number of hydrogen-bond donors (Lipinski definition) is 2. The van der Waals surface area contributed by atoms with Gasteiger partial charge in [0.2, 0.25) is 0 Å². The van der Waals surface area contributed by atoms with Crippen molar-refractivity contribution in [1.82, 2.24) is 0 Å². The minimum absolute atomic E-state index is 0. The second-order valence-corrected chi connectivity index (χ2v) is 1.53. The van der Waals surface area contributed by atoms with Gasteiger partial charge >= 0.3 is 59.1 Å². The Hall–Kier alpha value is 0.860. The summed E-state index contributed by atoms with van der Waals surface area (Å²) in [6, 6.07) is 0. The maximum absolute atomic E-state index is 9.63. The number of carboxylic acids is 2. The summed E-state index contributed by atoms with van der Waals surface area (Å²) in [5, 5.41) is 35.7. The molecule has 0 amide bonds. The first-order valence-electron chi connectivity index (χ1n) is 2.24. The SMILES string of the molecule is O=C([O-])[C@H](O)[C@@H](O)C(=O)[O-].[Na+].[Na+]. The summed E-state index contributed by atoms with van der Waals surface area (Å²) in [5.41, 5.74) is 0. The Morgan fingerprint density at radius 3 is 1.17 bits per heavy atom. The van der Waals surface area contributed by atoms with Crippen molar-refractivity contribution in [2.75, 3.05) is 0 Å². The van der Waals surface area contributed by atoms with Crippen LogP contribution in [0.1, 0.15) is 0 Å². The molecule has 0 bridgehead atoms. The number of carbonyl (C=O) groups excluding carboxylic acids is 2. The Morgan fingerprint density at radius 1 is 0.917 bits per heavy atom. The van der Waals surface area contributed by atoms with Gasteiger partial charge in [0.25, 0.3) is 0 Å². The minimum Gasteiger partial charge on any atom is -0.547 e. The second kappa shape index (κ2) is 8.46. The molecule has 0 heterocycles. The first kappa shape index (κ1) is 18.6. The third-order valence-electron chi connectivity index (χ3n) is 0.782. The van der Waals surface area contributed by atoms with Crippen LogP contribution >= 0.6 is 0 Å². The number of carboxylic acid groups (broad SMARTS) is 2. The molecule has 2 atom stereocenters. The summed E-state index contributed by atoms with van der Waals surface area (Å²) in [6.07, 6.45) is -4.88. The van der Waals surface area contributed by atoms with E-state index >= 15 is 0 Å². The molecule has 0 aliphatic heterocycles. The molecule has 0 spiro atoms. The van der Waals surface area contributed by atoms with Crippen LogP contribution in [0.2, 0.25) is 0 Å². The van der Waals surface area contributed by atoms with Crippen LogP contribution in [-0.2, 0) is 9.59 Å². The molecule has 0 fully saturated rings. The number of aliphatic carboxylic acids is 2. The molecule has 8 heteroatoms. The molecule has 0 aliphatic carbocycles. The second-order valence-electron chi connectivity index (χ2n) is 1.53. The topological polar surface area (TPSA) is 121 Å². The van der Waals surface area contributed by atoms with Gasteiger partial charge in [-0.15, -0.1) is 0 Å². The van der Waals surface area contributed by atoms with Crippen LogP contribution < -0.4 is 69.3 Å². The minimum atomic E-state index is -2.44. The quantitative estimate of drug-likeness (QED) is 0.430. The number of aliphatic hydroxyl groups is 2. The maximum atomic E-state index is 9.63. The smallest absolute Gasteiger partial charge is 0.547 e. The van der Waals surface area contributed by atoms with Gasteiger partial charge in [-0.3, -0.25) is 0 Å². The summed E-state index contributed by atoms with van der Waals surface area (Å²) in [5.74, 6) is -4.12. The van der Waals surface area contributed by atoms with Gasteiger partial charge in [-0.25, -0.2) is 0 Å². The van der Waals surface area contributed by atoms with Crippen molar-refractivity contribution in [1.29, 1.82) is 0 Å². The van der Waals surface area contributed by atoms with Crippen molar-refractivity contribution in [3.8, 4) is 0 Å². The third kappa shape index (κ3) is 6.38. The normalized spacial score (nSPS) is 13.2. The molecule has 0 saturated heterocycles. The third-order valence-corrected chi connectivity index (χ3v) is 0.782. The largest absolute Gasteiger partial charge is 1.00 e. The van der Waals surface area contributed by atoms with Gasteiger partial charge in [-0.2, -0.15) is 0 Å². The standard InChI is InChI=1S/C4H6O6.2Na/c5-1(3(7)8)2(6)4(9)10;;/h1-2,5-6H,(H,7,8)(H,9,10);;/q;2*+1/p-2/t1-,2-;;/m1../s1. The summed E-state index contributed by atoms with van der Waals surface area (Å²) < 4.78 is 0. The van der Waals surface area contributed by atoms with E-state index in [4.69, 9.17) is 10.2 Å². The average Bonchev–Trinajstić information content (AvgIpc) is 1.84. The summed E-state index contributed by atoms with van der Waals surface area (Å²) in [7, 11) is 0. The number of rotatable bonds is 3. The van der Waals surface area contributed by atoms with E-state index in [1.807, 2.05) is 0 Å². The van der Waals surface area contributed by atoms with Gasteiger partial charge in [0.1, 0.15) is 12.2 Å². The number of hydrogen-bond acceptors (Lipinski definition) is 6. The van der Waals surface area contributed by atoms with Crippen molar-refractivity contribution in [3.05, 3.63) is 0 Å². The van der Waals surface area contributed by atoms with Gasteiger partial charge in [0, 0.05) is 0 Å². The van der Waals surface area contributed by atoms with Crippen molar-refractivity contribution >= 4 is 11.9 Å². The molecule has 0 aromatic rings. The van der Waals surface area contributed by atoms with Crippen molar-refractivity contribution < 1.29 is 89.1 Å². The molecule has 6 nitrogen and oxygen atoms in total. The molecule has 2 N–H and O–H groups in total. The van der Waals surface area contributed by atoms with Crippen LogP contribution in [0.5, 0.6) is 0 Å². The Balaban J connectivity index is -0.000000405. The van der Waals surface area contributed by atoms with E-state index < -0.39 is 24.1 Å². The Bertz CT molecular complexity index is 142. The molecule has 0 aromatic heterocycles. The van der Waals surface area contributed by atoms with E-state index in [1.54, 1.807) is 0 Å². The predicted molar refractivity (Wildman–Crippen MR) is 22.0 cm³/mol. The molecule has 12 heavy (non-hydrogen) atoms. The van der Waals surface area contributed by atoms with Crippen LogP contribution in [0.3, 0.4) is 0 Å². The molecule has 0 radical (unpaired) electrons. The van der Waals surface area contributed by atoms with Crippen LogP contribution in [0.4, 0.5) is 0 Å². The molecule has 0 aromatic carbocycles. The molecule has 0 saturated carbocycles. The monoisotopic (exact) mass is 194 g/mol. The fourth-order valence-electron chi connectivity index (χ4n) is 0.258. The summed E-state index contributed by atoms with van der Waals surface area (Å²) >= 11 is 0. The zero-order chi connectivity index (χ0) is 8.31. The first-order chi connectivity index (χ1) is 4.46. The fourth-order valence-corrected chi connectivity index (χ4v) is 0.258. The van der Waals surface area contributed by atoms with Gasteiger partial charge in [0.15, 0.2) is 0 Å². The molecule has 0 unspecified atom stereocenters. The van der Waals surface area contributed by atoms with Gasteiger partial charge in [0.05, 0.1) is 11.9 Å². The number of carbonyl (C=O) groups is 2. The molecule has 0 rings (SSSR count). The van der Waals surface area contributed by atoms with Crippen molar-refractivity contribution in [2.45, 2.75) is 12.2 Å². The van der Waals surface area contributed by atoms with E-state index in [1.165, 1.54) is 0 Å². The van der Waals surface area contributed by atoms with E-state index in [-0.39, 0.29) is 59.1 Å².